The van der Waals surface area contributed by atoms with Gasteiger partial charge in [0.05, 0.1) is 11.5 Å². The molecule has 17 heavy (non-hydrogen) atoms. The fourth-order valence-corrected chi connectivity index (χ4v) is 2.37. The Labute approximate surface area is 101 Å². The lowest BCUT2D eigenvalue weighted by Crippen LogP contribution is -2.47. The maximum atomic E-state index is 12.6. The first-order valence-corrected chi connectivity index (χ1v) is 6.23. The summed E-state index contributed by atoms with van der Waals surface area (Å²) in [6, 6.07) is 0. The molecule has 5 heteroatoms. The Kier molecular flexibility index (Phi) is 4.84. The summed E-state index contributed by atoms with van der Waals surface area (Å²) in [5.41, 5.74) is -1.19. The van der Waals surface area contributed by atoms with Gasteiger partial charge in [-0.2, -0.15) is 13.2 Å². The van der Waals surface area contributed by atoms with Gasteiger partial charge in [-0.25, -0.2) is 0 Å². The molecule has 0 aromatic carbocycles. The second kappa shape index (κ2) is 5.57. The first-order chi connectivity index (χ1) is 7.73. The molecule has 0 aromatic heterocycles. The molecule has 0 spiro atoms. The monoisotopic (exact) mass is 253 g/mol. The number of aliphatic hydroxyl groups is 1. The van der Waals surface area contributed by atoms with E-state index in [-0.39, 0.29) is 19.4 Å². The summed E-state index contributed by atoms with van der Waals surface area (Å²) in [5.74, 6) is -0.914. The normalized spacial score (nSPS) is 30.9. The predicted octanol–water partition coefficient (Wildman–Crippen LogP) is 2.72. The topological polar surface area (TPSA) is 32.3 Å². The van der Waals surface area contributed by atoms with Crippen LogP contribution < -0.4 is 5.32 Å². The van der Waals surface area contributed by atoms with Crippen LogP contribution in [0.15, 0.2) is 0 Å². The molecule has 1 rings (SSSR count). The average molecular weight is 253 g/mol. The number of hydrogen-bond acceptors (Lipinski definition) is 2. The quantitative estimate of drug-likeness (QED) is 0.807. The first kappa shape index (κ1) is 14.8. The van der Waals surface area contributed by atoms with E-state index in [1.54, 1.807) is 0 Å². The van der Waals surface area contributed by atoms with Crippen LogP contribution in [0.1, 0.15) is 39.5 Å². The number of nitrogens with one attached hydrogen (secondary N) is 1. The van der Waals surface area contributed by atoms with Crippen LogP contribution in [0.2, 0.25) is 0 Å². The Bertz CT molecular complexity index is 242. The highest BCUT2D eigenvalue weighted by atomic mass is 19.4. The van der Waals surface area contributed by atoms with Crippen molar-refractivity contribution < 1.29 is 18.3 Å². The van der Waals surface area contributed by atoms with Gasteiger partial charge < -0.3 is 10.4 Å². The van der Waals surface area contributed by atoms with Gasteiger partial charge in [0.2, 0.25) is 0 Å². The van der Waals surface area contributed by atoms with Crippen LogP contribution in [0, 0.1) is 11.8 Å². The van der Waals surface area contributed by atoms with E-state index in [1.807, 2.05) is 13.8 Å². The second-order valence-corrected chi connectivity index (χ2v) is 5.58. The van der Waals surface area contributed by atoms with Crippen molar-refractivity contribution in [3.8, 4) is 0 Å². The van der Waals surface area contributed by atoms with E-state index >= 15 is 0 Å². The molecule has 0 aliphatic heterocycles. The van der Waals surface area contributed by atoms with Gasteiger partial charge in [-0.3, -0.25) is 0 Å². The highest BCUT2D eigenvalue weighted by Crippen LogP contribution is 2.41. The van der Waals surface area contributed by atoms with Gasteiger partial charge in [0, 0.05) is 6.54 Å². The Morgan fingerprint density at radius 2 is 2.06 bits per heavy atom. The van der Waals surface area contributed by atoms with Crippen molar-refractivity contribution in [1.29, 1.82) is 0 Å². The van der Waals surface area contributed by atoms with Crippen LogP contribution >= 0.6 is 0 Å². The summed E-state index contributed by atoms with van der Waals surface area (Å²) in [5, 5.41) is 13.2. The van der Waals surface area contributed by atoms with Crippen molar-refractivity contribution in [2.24, 2.45) is 11.8 Å². The van der Waals surface area contributed by atoms with E-state index in [0.717, 1.165) is 6.54 Å². The molecule has 1 aliphatic carbocycles. The van der Waals surface area contributed by atoms with Gasteiger partial charge in [0.1, 0.15) is 0 Å². The smallest absolute Gasteiger partial charge is 0.389 e. The van der Waals surface area contributed by atoms with Crippen molar-refractivity contribution in [3.63, 3.8) is 0 Å². The van der Waals surface area contributed by atoms with Crippen molar-refractivity contribution in [3.05, 3.63) is 0 Å². The molecular weight excluding hydrogens is 231 g/mol. The highest BCUT2D eigenvalue weighted by molar-refractivity contribution is 4.90. The van der Waals surface area contributed by atoms with Gasteiger partial charge in [-0.05, 0) is 38.1 Å². The highest BCUT2D eigenvalue weighted by Gasteiger charge is 2.46. The van der Waals surface area contributed by atoms with E-state index < -0.39 is 17.7 Å². The minimum atomic E-state index is -4.17. The maximum Gasteiger partial charge on any atom is 0.391 e. The summed E-state index contributed by atoms with van der Waals surface area (Å²) >= 11 is 0. The van der Waals surface area contributed by atoms with Gasteiger partial charge >= 0.3 is 6.18 Å². The van der Waals surface area contributed by atoms with Crippen molar-refractivity contribution in [2.75, 3.05) is 13.1 Å². The first-order valence-electron chi connectivity index (χ1n) is 6.23. The summed E-state index contributed by atoms with van der Waals surface area (Å²) in [4.78, 5) is 0. The van der Waals surface area contributed by atoms with E-state index in [0.29, 0.717) is 18.8 Å². The fourth-order valence-electron chi connectivity index (χ4n) is 2.37. The van der Waals surface area contributed by atoms with Crippen LogP contribution in [0.4, 0.5) is 13.2 Å². The number of alkyl halides is 3. The predicted molar refractivity (Wildman–Crippen MR) is 60.7 cm³/mol. The fraction of sp³-hybridized carbons (Fsp3) is 1.00. The number of rotatable bonds is 4. The van der Waals surface area contributed by atoms with Gasteiger partial charge in [-0.15, -0.1) is 0 Å². The minimum Gasteiger partial charge on any atom is -0.389 e. The summed E-state index contributed by atoms with van der Waals surface area (Å²) in [6.07, 6.45) is -3.28. The van der Waals surface area contributed by atoms with Gasteiger partial charge in [0.15, 0.2) is 0 Å². The molecule has 1 aliphatic rings. The molecule has 0 amide bonds. The third-order valence-corrected chi connectivity index (χ3v) is 3.29. The van der Waals surface area contributed by atoms with Crippen molar-refractivity contribution in [1.82, 2.24) is 5.32 Å². The lowest BCUT2D eigenvalue weighted by molar-refractivity contribution is -0.200. The zero-order valence-electron chi connectivity index (χ0n) is 10.5. The van der Waals surface area contributed by atoms with E-state index in [9.17, 15) is 18.3 Å². The van der Waals surface area contributed by atoms with Crippen molar-refractivity contribution in [2.45, 2.75) is 51.3 Å². The minimum absolute atomic E-state index is 0.149. The molecule has 0 aromatic rings. The average Bonchev–Trinajstić information content (AvgIpc) is 2.15. The SMILES string of the molecule is CC(C)CNC[C@]1(O)CCC[C@@H](C(F)(F)F)C1. The van der Waals surface area contributed by atoms with Crippen molar-refractivity contribution >= 4 is 0 Å². The molecule has 102 valence electrons. The largest absolute Gasteiger partial charge is 0.391 e. The second-order valence-electron chi connectivity index (χ2n) is 5.58. The molecule has 0 radical (unpaired) electrons. The summed E-state index contributed by atoms with van der Waals surface area (Å²) in [6.45, 7) is 5.03. The molecule has 2 atom stereocenters. The standard InChI is InChI=1S/C12H22F3NO/c1-9(2)7-16-8-11(17)5-3-4-10(6-11)12(13,14)15/h9-10,16-17H,3-8H2,1-2H3/t10-,11+/m1/s1. The maximum absolute atomic E-state index is 12.6. The van der Waals surface area contributed by atoms with E-state index in [1.165, 1.54) is 0 Å². The number of hydrogen-bond donors (Lipinski definition) is 2. The molecule has 1 fully saturated rings. The molecule has 0 saturated heterocycles. The Morgan fingerprint density at radius 1 is 1.41 bits per heavy atom. The Morgan fingerprint density at radius 3 is 2.59 bits per heavy atom. The zero-order valence-corrected chi connectivity index (χ0v) is 10.5. The van der Waals surface area contributed by atoms with Crippen LogP contribution in [-0.4, -0.2) is 30.0 Å². The summed E-state index contributed by atoms with van der Waals surface area (Å²) in [7, 11) is 0. The zero-order chi connectivity index (χ0) is 13.1. The van der Waals surface area contributed by atoms with Crippen LogP contribution in [0.5, 0.6) is 0 Å². The molecule has 2 nitrogen and oxygen atoms in total. The lowest BCUT2D eigenvalue weighted by Gasteiger charge is -2.37. The molecular formula is C12H22F3NO. The van der Waals surface area contributed by atoms with Gasteiger partial charge in [0.25, 0.3) is 0 Å². The van der Waals surface area contributed by atoms with Crippen LogP contribution in [0.25, 0.3) is 0 Å². The van der Waals surface area contributed by atoms with Crippen LogP contribution in [0.3, 0.4) is 0 Å². The third-order valence-electron chi connectivity index (χ3n) is 3.29. The lowest BCUT2D eigenvalue weighted by atomic mass is 9.77. The number of halogens is 3. The molecule has 0 bridgehead atoms. The molecule has 2 N–H and O–H groups in total. The van der Waals surface area contributed by atoms with Gasteiger partial charge in [-0.1, -0.05) is 13.8 Å². The molecule has 0 unspecified atom stereocenters. The Balaban J connectivity index is 2.46. The summed E-state index contributed by atoms with van der Waals surface area (Å²) < 4.78 is 37.8. The van der Waals surface area contributed by atoms with E-state index in [2.05, 4.69) is 5.32 Å². The molecule has 0 heterocycles. The Hall–Kier alpha value is -0.290. The third kappa shape index (κ3) is 4.84. The van der Waals surface area contributed by atoms with Crippen LogP contribution in [-0.2, 0) is 0 Å². The van der Waals surface area contributed by atoms with E-state index in [4.69, 9.17) is 0 Å². The molecule has 1 saturated carbocycles.